The summed E-state index contributed by atoms with van der Waals surface area (Å²) in [5.74, 6) is 0.772. The molecule has 0 amide bonds. The second-order valence-corrected chi connectivity index (χ2v) is 3.25. The third-order valence-electron chi connectivity index (χ3n) is 2.06. The number of hydrogen-bond donors (Lipinski definition) is 2. The summed E-state index contributed by atoms with van der Waals surface area (Å²) in [5.41, 5.74) is 7.39. The Hall–Kier alpha value is -1.55. The lowest BCUT2D eigenvalue weighted by Gasteiger charge is -1.98. The van der Waals surface area contributed by atoms with Crippen LogP contribution in [0, 0.1) is 6.92 Å². The Balaban J connectivity index is 2.40. The first kappa shape index (κ1) is 9.02. The number of benzene rings is 1. The van der Waals surface area contributed by atoms with Crippen LogP contribution in [0.5, 0.6) is 0 Å². The van der Waals surface area contributed by atoms with E-state index < -0.39 is 0 Å². The number of fused-ring (bicyclic) bond motifs is 1. The fraction of sp³-hybridized carbons (Fsp3) is 0.300. The Morgan fingerprint density at radius 2 is 2.36 bits per heavy atom. The van der Waals surface area contributed by atoms with Crippen LogP contribution in [-0.2, 0) is 0 Å². The summed E-state index contributed by atoms with van der Waals surface area (Å²) < 4.78 is 5.15. The minimum atomic E-state index is 0.584. The molecule has 0 bridgehead atoms. The van der Waals surface area contributed by atoms with Gasteiger partial charge >= 0.3 is 0 Å². The maximum atomic E-state index is 5.40. The average Bonchev–Trinajstić information content (AvgIpc) is 2.57. The maximum Gasteiger partial charge on any atom is 0.177 e. The van der Waals surface area contributed by atoms with Gasteiger partial charge < -0.3 is 15.6 Å². The number of aromatic nitrogens is 1. The molecule has 2 rings (SSSR count). The van der Waals surface area contributed by atoms with Crippen LogP contribution >= 0.6 is 0 Å². The molecule has 14 heavy (non-hydrogen) atoms. The van der Waals surface area contributed by atoms with E-state index in [1.807, 2.05) is 25.1 Å². The molecule has 0 radical (unpaired) electrons. The van der Waals surface area contributed by atoms with Crippen LogP contribution in [0.4, 0.5) is 5.82 Å². The third-order valence-corrected chi connectivity index (χ3v) is 2.06. The van der Waals surface area contributed by atoms with Crippen molar-refractivity contribution in [1.29, 1.82) is 0 Å². The van der Waals surface area contributed by atoms with Crippen molar-refractivity contribution in [3.05, 3.63) is 23.8 Å². The van der Waals surface area contributed by atoms with Gasteiger partial charge in [0.1, 0.15) is 0 Å². The highest BCUT2D eigenvalue weighted by Gasteiger charge is 2.06. The number of aryl methyl sites for hydroxylation is 1. The third kappa shape index (κ3) is 1.56. The van der Waals surface area contributed by atoms with Gasteiger partial charge in [-0.15, -0.1) is 0 Å². The summed E-state index contributed by atoms with van der Waals surface area (Å²) in [7, 11) is 0. The number of nitrogens with one attached hydrogen (secondary N) is 1. The van der Waals surface area contributed by atoms with Gasteiger partial charge in [0.25, 0.3) is 0 Å². The van der Waals surface area contributed by atoms with Crippen LogP contribution in [0.15, 0.2) is 22.7 Å². The second-order valence-electron chi connectivity index (χ2n) is 3.25. The van der Waals surface area contributed by atoms with E-state index in [0.717, 1.165) is 16.8 Å². The molecule has 4 heteroatoms. The van der Waals surface area contributed by atoms with Crippen molar-refractivity contribution < 1.29 is 4.52 Å². The monoisotopic (exact) mass is 191 g/mol. The van der Waals surface area contributed by atoms with E-state index >= 15 is 0 Å². The molecule has 0 aliphatic heterocycles. The normalized spacial score (nSPS) is 10.7. The van der Waals surface area contributed by atoms with Crippen LogP contribution in [0.2, 0.25) is 0 Å². The highest BCUT2D eigenvalue weighted by atomic mass is 16.5. The van der Waals surface area contributed by atoms with Crippen LogP contribution in [0.25, 0.3) is 11.0 Å². The molecule has 3 N–H and O–H groups in total. The number of nitrogens with two attached hydrogens (primary N) is 1. The van der Waals surface area contributed by atoms with Crippen molar-refractivity contribution in [3.63, 3.8) is 0 Å². The Morgan fingerprint density at radius 3 is 3.14 bits per heavy atom. The Morgan fingerprint density at radius 1 is 1.50 bits per heavy atom. The molecule has 1 aromatic carbocycles. The Kier molecular flexibility index (Phi) is 2.37. The molecule has 0 fully saturated rings. The van der Waals surface area contributed by atoms with Gasteiger partial charge in [-0.25, -0.2) is 0 Å². The fourth-order valence-electron chi connectivity index (χ4n) is 1.37. The largest absolute Gasteiger partial charge is 0.365 e. The molecule has 0 saturated carbocycles. The van der Waals surface area contributed by atoms with Gasteiger partial charge in [-0.3, -0.25) is 0 Å². The summed E-state index contributed by atoms with van der Waals surface area (Å²) in [4.78, 5) is 0. The van der Waals surface area contributed by atoms with Crippen LogP contribution in [-0.4, -0.2) is 18.2 Å². The van der Waals surface area contributed by atoms with Crippen molar-refractivity contribution in [2.24, 2.45) is 5.73 Å². The zero-order chi connectivity index (χ0) is 9.97. The molecule has 1 heterocycles. The standard InChI is InChI=1S/C10H13N3O/c1-7-2-3-9-8(6-7)10(13-14-9)12-5-4-11/h2-3,6H,4-5,11H2,1H3,(H,12,13). The van der Waals surface area contributed by atoms with Gasteiger partial charge in [-0.1, -0.05) is 16.8 Å². The van der Waals surface area contributed by atoms with E-state index in [1.54, 1.807) is 0 Å². The van der Waals surface area contributed by atoms with E-state index in [4.69, 9.17) is 10.3 Å². The molecule has 1 aromatic heterocycles. The summed E-state index contributed by atoms with van der Waals surface area (Å²) in [6, 6.07) is 5.97. The molecule has 0 saturated heterocycles. The summed E-state index contributed by atoms with van der Waals surface area (Å²) in [6.45, 7) is 3.33. The lowest BCUT2D eigenvalue weighted by atomic mass is 10.2. The molecule has 0 aliphatic rings. The van der Waals surface area contributed by atoms with Crippen LogP contribution in [0.3, 0.4) is 0 Å². The molecule has 0 spiro atoms. The van der Waals surface area contributed by atoms with E-state index in [0.29, 0.717) is 13.1 Å². The SMILES string of the molecule is Cc1ccc2onc(NCCN)c2c1. The molecule has 2 aromatic rings. The number of nitrogens with zero attached hydrogens (tertiary/aromatic N) is 1. The van der Waals surface area contributed by atoms with Gasteiger partial charge in [-0.05, 0) is 19.1 Å². The van der Waals surface area contributed by atoms with Crippen LogP contribution < -0.4 is 11.1 Å². The average molecular weight is 191 g/mol. The van der Waals surface area contributed by atoms with E-state index in [2.05, 4.69) is 10.5 Å². The van der Waals surface area contributed by atoms with Crippen molar-refractivity contribution in [2.75, 3.05) is 18.4 Å². The zero-order valence-corrected chi connectivity index (χ0v) is 8.08. The summed E-state index contributed by atoms with van der Waals surface area (Å²) >= 11 is 0. The van der Waals surface area contributed by atoms with Crippen molar-refractivity contribution >= 4 is 16.8 Å². The molecule has 0 aliphatic carbocycles. The summed E-state index contributed by atoms with van der Waals surface area (Å²) in [5, 5.41) is 8.06. The predicted molar refractivity (Wildman–Crippen MR) is 56.3 cm³/mol. The lowest BCUT2D eigenvalue weighted by molar-refractivity contribution is 0.459. The quantitative estimate of drug-likeness (QED) is 0.771. The Labute approximate surface area is 82.1 Å². The minimum absolute atomic E-state index is 0.584. The first-order chi connectivity index (χ1) is 6.81. The minimum Gasteiger partial charge on any atom is -0.365 e. The smallest absolute Gasteiger partial charge is 0.177 e. The van der Waals surface area contributed by atoms with Crippen molar-refractivity contribution in [1.82, 2.24) is 5.16 Å². The predicted octanol–water partition coefficient (Wildman–Crippen LogP) is 1.51. The molecule has 0 unspecified atom stereocenters. The number of rotatable bonds is 3. The van der Waals surface area contributed by atoms with Gasteiger partial charge in [0.05, 0.1) is 5.39 Å². The van der Waals surface area contributed by atoms with Crippen molar-refractivity contribution in [2.45, 2.75) is 6.92 Å². The molecule has 74 valence electrons. The topological polar surface area (TPSA) is 64.1 Å². The van der Waals surface area contributed by atoms with Gasteiger partial charge in [0.2, 0.25) is 0 Å². The highest BCUT2D eigenvalue weighted by Crippen LogP contribution is 2.23. The van der Waals surface area contributed by atoms with E-state index in [1.165, 1.54) is 5.56 Å². The number of hydrogen-bond acceptors (Lipinski definition) is 4. The molecule has 4 nitrogen and oxygen atoms in total. The van der Waals surface area contributed by atoms with E-state index in [9.17, 15) is 0 Å². The maximum absolute atomic E-state index is 5.40. The first-order valence-corrected chi connectivity index (χ1v) is 4.61. The van der Waals surface area contributed by atoms with E-state index in [-0.39, 0.29) is 0 Å². The molecular formula is C10H13N3O. The van der Waals surface area contributed by atoms with Gasteiger partial charge in [-0.2, -0.15) is 0 Å². The summed E-state index contributed by atoms with van der Waals surface area (Å²) in [6.07, 6.45) is 0. The van der Waals surface area contributed by atoms with Crippen LogP contribution in [0.1, 0.15) is 5.56 Å². The molecular weight excluding hydrogens is 178 g/mol. The number of anilines is 1. The van der Waals surface area contributed by atoms with Gasteiger partial charge in [0.15, 0.2) is 11.4 Å². The zero-order valence-electron chi connectivity index (χ0n) is 8.08. The lowest BCUT2D eigenvalue weighted by Crippen LogP contribution is -2.13. The first-order valence-electron chi connectivity index (χ1n) is 4.61. The fourth-order valence-corrected chi connectivity index (χ4v) is 1.37. The molecule has 0 atom stereocenters. The second kappa shape index (κ2) is 3.67. The van der Waals surface area contributed by atoms with Crippen molar-refractivity contribution in [3.8, 4) is 0 Å². The Bertz CT molecular complexity index is 436. The highest BCUT2D eigenvalue weighted by molar-refractivity contribution is 5.88. The van der Waals surface area contributed by atoms with Gasteiger partial charge in [0, 0.05) is 13.1 Å².